The Morgan fingerprint density at radius 3 is 2.57 bits per heavy atom. The number of nitrogens with zero attached hydrogens (tertiary/aromatic N) is 2. The molecule has 1 aromatic heterocycles. The standard InChI is InChI=1S/C13H10N2O6/c1-20-10-4-3-9(15(18)19)6-11(10)21-12-5-2-8(7-14-12)13(16)17/h2-7H,1H3,(H,16,17). The normalized spacial score (nSPS) is 9.95. The number of carboxylic acid groups (broad SMARTS) is 1. The van der Waals surface area contributed by atoms with Gasteiger partial charge in [-0.1, -0.05) is 0 Å². The molecule has 108 valence electrons. The Morgan fingerprint density at radius 2 is 2.05 bits per heavy atom. The van der Waals surface area contributed by atoms with Crippen molar-refractivity contribution in [2.45, 2.75) is 0 Å². The zero-order valence-electron chi connectivity index (χ0n) is 10.8. The van der Waals surface area contributed by atoms with Crippen LogP contribution < -0.4 is 9.47 Å². The van der Waals surface area contributed by atoms with Crippen molar-refractivity contribution >= 4 is 11.7 Å². The molecular weight excluding hydrogens is 280 g/mol. The number of aromatic carboxylic acids is 1. The summed E-state index contributed by atoms with van der Waals surface area (Å²) in [4.78, 5) is 24.7. The van der Waals surface area contributed by atoms with E-state index >= 15 is 0 Å². The first-order valence-corrected chi connectivity index (χ1v) is 5.71. The van der Waals surface area contributed by atoms with E-state index in [1.807, 2.05) is 0 Å². The summed E-state index contributed by atoms with van der Waals surface area (Å²) < 4.78 is 10.4. The molecule has 0 aliphatic heterocycles. The molecule has 0 unspecified atom stereocenters. The lowest BCUT2D eigenvalue weighted by molar-refractivity contribution is -0.384. The molecule has 0 amide bonds. The zero-order valence-corrected chi connectivity index (χ0v) is 10.8. The van der Waals surface area contributed by atoms with Crippen LogP contribution in [0, 0.1) is 10.1 Å². The second-order valence-electron chi connectivity index (χ2n) is 3.88. The fourth-order valence-corrected chi connectivity index (χ4v) is 1.54. The van der Waals surface area contributed by atoms with Crippen molar-refractivity contribution in [3.05, 3.63) is 52.2 Å². The van der Waals surface area contributed by atoms with Crippen LogP contribution in [0.4, 0.5) is 5.69 Å². The number of rotatable bonds is 5. The van der Waals surface area contributed by atoms with Gasteiger partial charge in [0.2, 0.25) is 5.88 Å². The largest absolute Gasteiger partial charge is 0.493 e. The number of pyridine rings is 1. The van der Waals surface area contributed by atoms with Crippen LogP contribution in [0.1, 0.15) is 10.4 Å². The highest BCUT2D eigenvalue weighted by Gasteiger charge is 2.14. The molecular formula is C13H10N2O6. The molecule has 0 radical (unpaired) electrons. The van der Waals surface area contributed by atoms with E-state index in [0.29, 0.717) is 5.75 Å². The number of nitro groups is 1. The summed E-state index contributed by atoms with van der Waals surface area (Å²) in [5.74, 6) is -0.604. The topological polar surface area (TPSA) is 112 Å². The first kappa shape index (κ1) is 14.3. The number of ether oxygens (including phenoxy) is 2. The summed E-state index contributed by atoms with van der Waals surface area (Å²) in [6.45, 7) is 0. The molecule has 2 rings (SSSR count). The van der Waals surface area contributed by atoms with Gasteiger partial charge in [-0.25, -0.2) is 9.78 Å². The monoisotopic (exact) mass is 290 g/mol. The molecule has 0 spiro atoms. The average Bonchev–Trinajstić information content (AvgIpc) is 2.47. The highest BCUT2D eigenvalue weighted by atomic mass is 16.6. The maximum atomic E-state index is 10.8. The average molecular weight is 290 g/mol. The molecule has 0 saturated heterocycles. The van der Waals surface area contributed by atoms with Crippen molar-refractivity contribution in [1.29, 1.82) is 0 Å². The van der Waals surface area contributed by atoms with Crippen molar-refractivity contribution in [3.8, 4) is 17.4 Å². The van der Waals surface area contributed by atoms with Gasteiger partial charge in [-0.15, -0.1) is 0 Å². The second kappa shape index (κ2) is 5.87. The van der Waals surface area contributed by atoms with Crippen molar-refractivity contribution < 1.29 is 24.3 Å². The Hall–Kier alpha value is -3.16. The van der Waals surface area contributed by atoms with Gasteiger partial charge < -0.3 is 14.6 Å². The molecule has 2 aromatic rings. The predicted octanol–water partition coefficient (Wildman–Crippen LogP) is 2.49. The van der Waals surface area contributed by atoms with Crippen molar-refractivity contribution in [2.75, 3.05) is 7.11 Å². The number of carbonyl (C=O) groups is 1. The van der Waals surface area contributed by atoms with E-state index in [1.165, 1.54) is 37.4 Å². The third kappa shape index (κ3) is 3.24. The summed E-state index contributed by atoms with van der Waals surface area (Å²) in [6.07, 6.45) is 1.13. The van der Waals surface area contributed by atoms with E-state index < -0.39 is 10.9 Å². The van der Waals surface area contributed by atoms with Gasteiger partial charge in [0.25, 0.3) is 5.69 Å². The number of aromatic nitrogens is 1. The van der Waals surface area contributed by atoms with Gasteiger partial charge in [0, 0.05) is 18.3 Å². The Labute approximate surface area is 118 Å². The third-order valence-corrected chi connectivity index (χ3v) is 2.56. The van der Waals surface area contributed by atoms with E-state index in [-0.39, 0.29) is 22.9 Å². The maximum absolute atomic E-state index is 10.8. The number of hydrogen-bond acceptors (Lipinski definition) is 6. The first-order chi connectivity index (χ1) is 10.0. The number of non-ortho nitro benzene ring substituents is 1. The van der Waals surface area contributed by atoms with Gasteiger partial charge in [-0.05, 0) is 12.1 Å². The van der Waals surface area contributed by atoms with Crippen LogP contribution in [0.15, 0.2) is 36.5 Å². The summed E-state index contributed by atoms with van der Waals surface area (Å²) in [5.41, 5.74) is -0.152. The van der Waals surface area contributed by atoms with E-state index in [1.54, 1.807) is 0 Å². The predicted molar refractivity (Wildman–Crippen MR) is 70.9 cm³/mol. The third-order valence-electron chi connectivity index (χ3n) is 2.56. The van der Waals surface area contributed by atoms with Crippen LogP contribution in [-0.2, 0) is 0 Å². The molecule has 21 heavy (non-hydrogen) atoms. The van der Waals surface area contributed by atoms with Crippen LogP contribution in [0.25, 0.3) is 0 Å². The molecule has 8 heteroatoms. The van der Waals surface area contributed by atoms with Crippen molar-refractivity contribution in [2.24, 2.45) is 0 Å². The van der Waals surface area contributed by atoms with Crippen LogP contribution in [0.2, 0.25) is 0 Å². The summed E-state index contributed by atoms with van der Waals surface area (Å²) in [7, 11) is 1.40. The Morgan fingerprint density at radius 1 is 1.29 bits per heavy atom. The SMILES string of the molecule is COc1ccc([N+](=O)[O-])cc1Oc1ccc(C(=O)O)cn1. The first-order valence-electron chi connectivity index (χ1n) is 5.71. The number of methoxy groups -OCH3 is 1. The molecule has 0 aliphatic carbocycles. The van der Waals surface area contributed by atoms with Gasteiger partial charge in [0.15, 0.2) is 11.5 Å². The molecule has 1 N–H and O–H groups in total. The maximum Gasteiger partial charge on any atom is 0.337 e. The number of carboxylic acids is 1. The van der Waals surface area contributed by atoms with Crippen LogP contribution >= 0.6 is 0 Å². The summed E-state index contributed by atoms with van der Waals surface area (Å²) in [5, 5.41) is 19.5. The molecule has 0 atom stereocenters. The molecule has 0 aliphatic rings. The lowest BCUT2D eigenvalue weighted by atomic mass is 10.2. The minimum Gasteiger partial charge on any atom is -0.493 e. The summed E-state index contributed by atoms with van der Waals surface area (Å²) in [6, 6.07) is 6.55. The van der Waals surface area contributed by atoms with E-state index in [4.69, 9.17) is 14.6 Å². The van der Waals surface area contributed by atoms with Crippen molar-refractivity contribution in [1.82, 2.24) is 4.98 Å². The van der Waals surface area contributed by atoms with Gasteiger partial charge in [-0.3, -0.25) is 10.1 Å². The number of nitro benzene ring substituents is 1. The van der Waals surface area contributed by atoms with Crippen molar-refractivity contribution in [3.63, 3.8) is 0 Å². The fourth-order valence-electron chi connectivity index (χ4n) is 1.54. The summed E-state index contributed by atoms with van der Waals surface area (Å²) >= 11 is 0. The Balaban J connectivity index is 2.31. The highest BCUT2D eigenvalue weighted by molar-refractivity contribution is 5.87. The van der Waals surface area contributed by atoms with Gasteiger partial charge >= 0.3 is 5.97 Å². The molecule has 0 saturated carbocycles. The van der Waals surface area contributed by atoms with Crippen LogP contribution in [-0.4, -0.2) is 28.1 Å². The number of hydrogen-bond donors (Lipinski definition) is 1. The lowest BCUT2D eigenvalue weighted by Gasteiger charge is -2.09. The van der Waals surface area contributed by atoms with Gasteiger partial charge in [0.05, 0.1) is 23.7 Å². The van der Waals surface area contributed by atoms with Crippen LogP contribution in [0.5, 0.6) is 17.4 Å². The van der Waals surface area contributed by atoms with Gasteiger partial charge in [0.1, 0.15) is 0 Å². The smallest absolute Gasteiger partial charge is 0.337 e. The molecule has 0 fully saturated rings. The van der Waals surface area contributed by atoms with E-state index in [0.717, 1.165) is 6.20 Å². The Kier molecular flexibility index (Phi) is 3.98. The number of benzene rings is 1. The van der Waals surface area contributed by atoms with E-state index in [9.17, 15) is 14.9 Å². The minimum atomic E-state index is -1.11. The lowest BCUT2D eigenvalue weighted by Crippen LogP contribution is -1.98. The quantitative estimate of drug-likeness (QED) is 0.664. The second-order valence-corrected chi connectivity index (χ2v) is 3.88. The fraction of sp³-hybridized carbons (Fsp3) is 0.0769. The zero-order chi connectivity index (χ0) is 15.4. The Bertz CT molecular complexity index is 684. The molecule has 8 nitrogen and oxygen atoms in total. The van der Waals surface area contributed by atoms with E-state index in [2.05, 4.69) is 4.98 Å². The minimum absolute atomic E-state index is 0.00774. The molecule has 1 aromatic carbocycles. The molecule has 0 bridgehead atoms. The van der Waals surface area contributed by atoms with Gasteiger partial charge in [-0.2, -0.15) is 0 Å². The highest BCUT2D eigenvalue weighted by Crippen LogP contribution is 2.34. The van der Waals surface area contributed by atoms with Crippen LogP contribution in [0.3, 0.4) is 0 Å². The molecule has 1 heterocycles.